The predicted molar refractivity (Wildman–Crippen MR) is 222 cm³/mol. The van der Waals surface area contributed by atoms with Crippen LogP contribution in [0.2, 0.25) is 0 Å². The van der Waals surface area contributed by atoms with Crippen molar-refractivity contribution >= 4 is 38.8 Å². The monoisotopic (exact) mass is 679 g/mol. The molecule has 0 radical (unpaired) electrons. The number of nitrogens with zero attached hydrogens (tertiary/aromatic N) is 1. The summed E-state index contributed by atoms with van der Waals surface area (Å²) in [5, 5.41) is 3.70. The van der Waals surface area contributed by atoms with Gasteiger partial charge in [0.2, 0.25) is 0 Å². The lowest BCUT2D eigenvalue weighted by Gasteiger charge is -2.27. The van der Waals surface area contributed by atoms with E-state index in [0.717, 1.165) is 28.4 Å². The van der Waals surface area contributed by atoms with Crippen LogP contribution < -0.4 is 4.90 Å². The number of furan rings is 1. The van der Waals surface area contributed by atoms with Crippen LogP contribution in [-0.2, 0) is 5.41 Å². The number of benzene rings is 8. The molecule has 0 spiro atoms. The van der Waals surface area contributed by atoms with Crippen LogP contribution in [0, 0.1) is 0 Å². The Bertz CT molecular complexity index is 2790. The maximum absolute atomic E-state index is 6.45. The lowest BCUT2D eigenvalue weighted by Crippen LogP contribution is -2.15. The molecule has 0 fully saturated rings. The topological polar surface area (TPSA) is 16.4 Å². The van der Waals surface area contributed by atoms with Gasteiger partial charge in [0, 0.05) is 39.0 Å². The van der Waals surface area contributed by atoms with Crippen LogP contribution in [0.4, 0.5) is 17.1 Å². The van der Waals surface area contributed by atoms with Gasteiger partial charge in [0.1, 0.15) is 11.3 Å². The van der Waals surface area contributed by atoms with Gasteiger partial charge in [-0.1, -0.05) is 147 Å². The van der Waals surface area contributed by atoms with Crippen molar-refractivity contribution in [3.63, 3.8) is 0 Å². The Balaban J connectivity index is 1.05. The van der Waals surface area contributed by atoms with Gasteiger partial charge in [-0.05, 0) is 104 Å². The van der Waals surface area contributed by atoms with Crippen molar-refractivity contribution in [3.05, 3.63) is 199 Å². The minimum Gasteiger partial charge on any atom is -0.456 e. The normalized spacial score (nSPS) is 12.9. The zero-order valence-corrected chi connectivity index (χ0v) is 29.8. The Morgan fingerprint density at radius 3 is 1.75 bits per heavy atom. The van der Waals surface area contributed by atoms with Crippen molar-refractivity contribution < 1.29 is 4.42 Å². The Morgan fingerprint density at radius 1 is 0.415 bits per heavy atom. The molecule has 0 aliphatic heterocycles. The van der Waals surface area contributed by atoms with Crippen molar-refractivity contribution in [2.24, 2.45) is 0 Å². The zero-order valence-electron chi connectivity index (χ0n) is 29.8. The fourth-order valence-corrected chi connectivity index (χ4v) is 8.31. The fraction of sp³-hybridized carbons (Fsp3) is 0.0588. The third kappa shape index (κ3) is 5.26. The average Bonchev–Trinajstić information content (AvgIpc) is 3.71. The summed E-state index contributed by atoms with van der Waals surface area (Å²) in [5.74, 6) is 1.00. The van der Waals surface area contributed by atoms with E-state index in [9.17, 15) is 0 Å². The summed E-state index contributed by atoms with van der Waals surface area (Å²) >= 11 is 0. The summed E-state index contributed by atoms with van der Waals surface area (Å²) < 4.78 is 6.45. The molecule has 0 unspecified atom stereocenters. The number of hydrogen-bond donors (Lipinski definition) is 0. The first-order valence-corrected chi connectivity index (χ1v) is 18.3. The van der Waals surface area contributed by atoms with Crippen LogP contribution >= 0.6 is 0 Å². The highest BCUT2D eigenvalue weighted by Gasteiger charge is 2.40. The molecule has 2 nitrogen and oxygen atoms in total. The smallest absolute Gasteiger partial charge is 0.139 e. The molecule has 252 valence electrons. The van der Waals surface area contributed by atoms with Crippen LogP contribution in [0.1, 0.15) is 25.0 Å². The number of fused-ring (bicyclic) bond motifs is 6. The second-order valence-electron chi connectivity index (χ2n) is 14.6. The van der Waals surface area contributed by atoms with E-state index in [1.54, 1.807) is 0 Å². The second kappa shape index (κ2) is 12.3. The summed E-state index contributed by atoms with van der Waals surface area (Å²) in [6.45, 7) is 4.64. The van der Waals surface area contributed by atoms with Gasteiger partial charge < -0.3 is 9.32 Å². The number of para-hydroxylation sites is 1. The van der Waals surface area contributed by atoms with Crippen molar-refractivity contribution in [1.29, 1.82) is 0 Å². The van der Waals surface area contributed by atoms with Crippen LogP contribution in [0.5, 0.6) is 0 Å². The van der Waals surface area contributed by atoms with E-state index < -0.39 is 0 Å². The molecular weight excluding hydrogens is 643 g/mol. The zero-order chi connectivity index (χ0) is 35.5. The minimum atomic E-state index is -0.176. The fourth-order valence-electron chi connectivity index (χ4n) is 8.31. The van der Waals surface area contributed by atoms with E-state index in [2.05, 4.69) is 201 Å². The van der Waals surface area contributed by atoms with Crippen LogP contribution in [-0.4, -0.2) is 0 Å². The standard InChI is InChI=1S/C51H37NO/c1-51(2)47-33-41(25-30-45(47)50-49(51)46-17-8-9-18-48(46)53-50)39-15-10-16-44(32-39)52(42-26-21-36(22-27-42)34-11-4-3-5-12-34)43-28-23-37(24-29-43)40-20-19-35-13-6-7-14-38(35)31-40/h3-33H,1-2H3. The molecule has 0 saturated heterocycles. The molecule has 1 aliphatic rings. The Labute approximate surface area is 310 Å². The quantitative estimate of drug-likeness (QED) is 0.174. The summed E-state index contributed by atoms with van der Waals surface area (Å²) in [6.07, 6.45) is 0. The van der Waals surface area contributed by atoms with Gasteiger partial charge in [-0.2, -0.15) is 0 Å². The third-order valence-electron chi connectivity index (χ3n) is 11.0. The lowest BCUT2D eigenvalue weighted by molar-refractivity contribution is 0.619. The highest BCUT2D eigenvalue weighted by atomic mass is 16.3. The molecular formula is C51H37NO. The van der Waals surface area contributed by atoms with Crippen molar-refractivity contribution in [1.82, 2.24) is 0 Å². The minimum absolute atomic E-state index is 0.176. The summed E-state index contributed by atoms with van der Waals surface area (Å²) in [6, 6.07) is 67.9. The Kier molecular flexibility index (Phi) is 7.19. The molecule has 1 aliphatic carbocycles. The lowest BCUT2D eigenvalue weighted by atomic mass is 9.80. The van der Waals surface area contributed by atoms with E-state index >= 15 is 0 Å². The molecule has 0 bridgehead atoms. The maximum atomic E-state index is 6.45. The van der Waals surface area contributed by atoms with Gasteiger partial charge in [0.15, 0.2) is 0 Å². The van der Waals surface area contributed by atoms with Crippen LogP contribution in [0.15, 0.2) is 192 Å². The van der Waals surface area contributed by atoms with E-state index in [1.807, 2.05) is 6.07 Å². The van der Waals surface area contributed by atoms with Crippen LogP contribution in [0.25, 0.3) is 66.4 Å². The van der Waals surface area contributed by atoms with Crippen molar-refractivity contribution in [3.8, 4) is 44.7 Å². The Morgan fingerprint density at radius 2 is 0.981 bits per heavy atom. The molecule has 8 aromatic carbocycles. The van der Waals surface area contributed by atoms with E-state index in [0.29, 0.717) is 0 Å². The highest BCUT2D eigenvalue weighted by Crippen LogP contribution is 2.53. The largest absolute Gasteiger partial charge is 0.456 e. The molecule has 0 N–H and O–H groups in total. The first-order valence-electron chi connectivity index (χ1n) is 18.3. The van der Waals surface area contributed by atoms with E-state index in [-0.39, 0.29) is 5.41 Å². The number of hydrogen-bond acceptors (Lipinski definition) is 2. The van der Waals surface area contributed by atoms with Crippen LogP contribution in [0.3, 0.4) is 0 Å². The van der Waals surface area contributed by atoms with E-state index in [4.69, 9.17) is 4.42 Å². The molecule has 1 aromatic heterocycles. The molecule has 53 heavy (non-hydrogen) atoms. The van der Waals surface area contributed by atoms with Gasteiger partial charge in [-0.25, -0.2) is 0 Å². The summed E-state index contributed by atoms with van der Waals surface area (Å²) in [7, 11) is 0. The van der Waals surface area contributed by atoms with Crippen molar-refractivity contribution in [2.75, 3.05) is 4.90 Å². The Hall–Kier alpha value is -6.64. The van der Waals surface area contributed by atoms with E-state index in [1.165, 1.54) is 66.2 Å². The first kappa shape index (κ1) is 31.1. The van der Waals surface area contributed by atoms with Gasteiger partial charge >= 0.3 is 0 Å². The SMILES string of the molecule is CC1(C)c2cc(-c3cccc(N(c4ccc(-c5ccccc5)cc4)c4ccc(-c5ccc6ccccc6c5)cc4)c3)ccc2-c2oc3ccccc3c21. The third-order valence-corrected chi connectivity index (χ3v) is 11.0. The first-order chi connectivity index (χ1) is 26.0. The number of anilines is 3. The van der Waals surface area contributed by atoms with Gasteiger partial charge in [0.25, 0.3) is 0 Å². The molecule has 9 aromatic rings. The predicted octanol–water partition coefficient (Wildman–Crippen LogP) is 14.4. The molecule has 1 heterocycles. The maximum Gasteiger partial charge on any atom is 0.139 e. The summed E-state index contributed by atoms with van der Waals surface area (Å²) in [5.41, 5.74) is 15.0. The average molecular weight is 680 g/mol. The van der Waals surface area contributed by atoms with Gasteiger partial charge in [-0.15, -0.1) is 0 Å². The molecule has 0 atom stereocenters. The van der Waals surface area contributed by atoms with Gasteiger partial charge in [0.05, 0.1) is 0 Å². The highest BCUT2D eigenvalue weighted by molar-refractivity contribution is 5.95. The molecule has 2 heteroatoms. The molecule has 0 saturated carbocycles. The molecule has 0 amide bonds. The van der Waals surface area contributed by atoms with Gasteiger partial charge in [-0.3, -0.25) is 0 Å². The molecule has 10 rings (SSSR count). The number of rotatable bonds is 6. The second-order valence-corrected chi connectivity index (χ2v) is 14.6. The summed E-state index contributed by atoms with van der Waals surface area (Å²) in [4.78, 5) is 2.36. The van der Waals surface area contributed by atoms with Crippen molar-refractivity contribution in [2.45, 2.75) is 19.3 Å².